The van der Waals surface area contributed by atoms with Gasteiger partial charge in [0.15, 0.2) is 0 Å². The molecule has 3 aromatic carbocycles. The van der Waals surface area contributed by atoms with E-state index in [0.717, 1.165) is 34.4 Å². The summed E-state index contributed by atoms with van der Waals surface area (Å²) in [5.74, 6) is -0.823. The van der Waals surface area contributed by atoms with E-state index in [1.165, 1.54) is 0 Å². The second-order valence-electron chi connectivity index (χ2n) is 9.53. The van der Waals surface area contributed by atoms with Crippen LogP contribution in [-0.4, -0.2) is 64.1 Å². The molecule has 1 aliphatic carbocycles. The molecule has 0 saturated carbocycles. The van der Waals surface area contributed by atoms with Crippen LogP contribution < -0.4 is 9.65 Å². The Kier molecular flexibility index (Phi) is 7.30. The van der Waals surface area contributed by atoms with E-state index >= 15 is 0 Å². The number of fused-ring (bicyclic) bond motifs is 3. The smallest absolute Gasteiger partial charge is 0.448 e. The van der Waals surface area contributed by atoms with Gasteiger partial charge in [-0.2, -0.15) is 8.42 Å². The Morgan fingerprint density at radius 3 is 2.05 bits per heavy atom. The standard InChI is InChI=1S/C26H24BF4N2O5S/c28-27(29,30)19-13-18(14-20(15-19)38-39(31,35)36)16-32-9-11-33(12-10-32)26(34)37-17-25-23-7-3-1-5-21(23)22-6-2-4-8-24(22)25/h1-8,13-15,25H,9-12,16-17H2/q-1. The highest BCUT2D eigenvalue weighted by Crippen LogP contribution is 2.44. The lowest BCUT2D eigenvalue weighted by Gasteiger charge is -2.34. The van der Waals surface area contributed by atoms with Gasteiger partial charge in [-0.05, 0) is 39.9 Å². The minimum atomic E-state index is -5.48. The Hall–Kier alpha value is -3.58. The summed E-state index contributed by atoms with van der Waals surface area (Å²) in [5, 5.41) is 0. The number of ether oxygens (including phenoxy) is 1. The third kappa shape index (κ3) is 6.20. The van der Waals surface area contributed by atoms with Crippen molar-refractivity contribution in [1.82, 2.24) is 9.80 Å². The number of amides is 1. The molecule has 13 heteroatoms. The van der Waals surface area contributed by atoms with Crippen LogP contribution in [0.4, 0.5) is 21.6 Å². The number of carbonyl (C=O) groups excluding carboxylic acids is 1. The van der Waals surface area contributed by atoms with Gasteiger partial charge >= 0.3 is 23.6 Å². The molecule has 1 amide bonds. The molecule has 0 spiro atoms. The van der Waals surface area contributed by atoms with Crippen LogP contribution in [0.2, 0.25) is 0 Å². The van der Waals surface area contributed by atoms with Gasteiger partial charge in [0.05, 0.1) is 0 Å². The Labute approximate surface area is 223 Å². The Balaban J connectivity index is 1.19. The Morgan fingerprint density at radius 1 is 0.897 bits per heavy atom. The number of hydrogen-bond acceptors (Lipinski definition) is 6. The maximum absolute atomic E-state index is 13.3. The third-order valence-electron chi connectivity index (χ3n) is 6.94. The van der Waals surface area contributed by atoms with Crippen molar-refractivity contribution in [3.63, 3.8) is 0 Å². The fourth-order valence-corrected chi connectivity index (χ4v) is 5.49. The number of hydrogen-bond donors (Lipinski definition) is 0. The molecule has 0 atom stereocenters. The van der Waals surface area contributed by atoms with E-state index in [4.69, 9.17) is 4.74 Å². The van der Waals surface area contributed by atoms with Crippen LogP contribution in [0.3, 0.4) is 0 Å². The number of piperazine rings is 1. The van der Waals surface area contributed by atoms with Gasteiger partial charge < -0.3 is 26.8 Å². The molecule has 1 fully saturated rings. The number of carbonyl (C=O) groups is 1. The van der Waals surface area contributed by atoms with E-state index in [2.05, 4.69) is 4.18 Å². The summed E-state index contributed by atoms with van der Waals surface area (Å²) in [6.45, 7) is -3.97. The van der Waals surface area contributed by atoms with Crippen molar-refractivity contribution >= 4 is 29.0 Å². The van der Waals surface area contributed by atoms with Crippen molar-refractivity contribution in [1.29, 1.82) is 0 Å². The van der Waals surface area contributed by atoms with E-state index < -0.39 is 34.8 Å². The van der Waals surface area contributed by atoms with Crippen molar-refractivity contribution in [2.75, 3.05) is 32.8 Å². The van der Waals surface area contributed by atoms with Crippen LogP contribution in [0, 0.1) is 0 Å². The van der Waals surface area contributed by atoms with Crippen LogP contribution >= 0.6 is 0 Å². The first-order valence-electron chi connectivity index (χ1n) is 12.3. The fourth-order valence-electron chi connectivity index (χ4n) is 5.16. The Bertz CT molecular complexity index is 1450. The quantitative estimate of drug-likeness (QED) is 0.241. The average Bonchev–Trinajstić information content (AvgIpc) is 3.20. The van der Waals surface area contributed by atoms with Crippen LogP contribution in [0.5, 0.6) is 5.75 Å². The predicted molar refractivity (Wildman–Crippen MR) is 138 cm³/mol. The van der Waals surface area contributed by atoms with Crippen molar-refractivity contribution in [3.8, 4) is 16.9 Å². The zero-order chi connectivity index (χ0) is 27.8. The molecule has 1 saturated heterocycles. The van der Waals surface area contributed by atoms with Crippen LogP contribution in [0.15, 0.2) is 66.7 Å². The molecule has 1 heterocycles. The summed E-state index contributed by atoms with van der Waals surface area (Å²) in [6.07, 6.45) is -0.470. The van der Waals surface area contributed by atoms with Crippen LogP contribution in [-0.2, 0) is 21.8 Å². The van der Waals surface area contributed by atoms with Crippen LogP contribution in [0.1, 0.15) is 22.6 Å². The van der Waals surface area contributed by atoms with Crippen molar-refractivity contribution in [2.45, 2.75) is 12.5 Å². The molecule has 2 aliphatic rings. The molecule has 0 radical (unpaired) electrons. The second kappa shape index (κ2) is 10.5. The summed E-state index contributed by atoms with van der Waals surface area (Å²) < 4.78 is 84.3. The SMILES string of the molecule is O=C(OCC1c2ccccc2-c2ccccc21)N1CCN(Cc2cc(OS(=O)(=O)F)cc([B-](F)(F)F)c2)CC1. The predicted octanol–water partition coefficient (Wildman–Crippen LogP) is 4.40. The van der Waals surface area contributed by atoms with Gasteiger partial charge in [-0.3, -0.25) is 4.90 Å². The number of halogens is 4. The molecule has 0 bridgehead atoms. The molecule has 5 rings (SSSR count). The molecule has 206 valence electrons. The highest BCUT2D eigenvalue weighted by Gasteiger charge is 2.31. The summed E-state index contributed by atoms with van der Waals surface area (Å²) in [7, 11) is -5.48. The lowest BCUT2D eigenvalue weighted by Crippen LogP contribution is -2.48. The fraction of sp³-hybridized carbons (Fsp3) is 0.269. The maximum atomic E-state index is 13.3. The zero-order valence-corrected chi connectivity index (χ0v) is 21.4. The number of benzene rings is 3. The summed E-state index contributed by atoms with van der Waals surface area (Å²) in [6, 6.07) is 18.4. The molecule has 0 N–H and O–H groups in total. The largest absolute Gasteiger partial charge is 0.509 e. The molecular formula is C26H24BF4N2O5S-. The van der Waals surface area contributed by atoms with Gasteiger partial charge in [0, 0.05) is 38.6 Å². The first-order chi connectivity index (χ1) is 18.5. The highest BCUT2D eigenvalue weighted by molar-refractivity contribution is 7.81. The normalized spacial score (nSPS) is 16.1. The molecule has 0 aromatic heterocycles. The lowest BCUT2D eigenvalue weighted by molar-refractivity contribution is 0.0728. The van der Waals surface area contributed by atoms with Crippen molar-refractivity contribution in [2.24, 2.45) is 0 Å². The van der Waals surface area contributed by atoms with Gasteiger partial charge in [-0.1, -0.05) is 58.5 Å². The van der Waals surface area contributed by atoms with Crippen molar-refractivity contribution in [3.05, 3.63) is 83.4 Å². The highest BCUT2D eigenvalue weighted by atomic mass is 32.3. The molecule has 0 unspecified atom stereocenters. The summed E-state index contributed by atoms with van der Waals surface area (Å²) in [4.78, 5) is 16.2. The van der Waals surface area contributed by atoms with Gasteiger partial charge in [0.2, 0.25) is 0 Å². The van der Waals surface area contributed by atoms with E-state index in [0.29, 0.717) is 32.2 Å². The zero-order valence-electron chi connectivity index (χ0n) is 20.6. The van der Waals surface area contributed by atoms with E-state index in [9.17, 15) is 30.0 Å². The first kappa shape index (κ1) is 27.0. The minimum Gasteiger partial charge on any atom is -0.448 e. The third-order valence-corrected chi connectivity index (χ3v) is 7.33. The minimum absolute atomic E-state index is 0.0290. The van der Waals surface area contributed by atoms with Gasteiger partial charge in [0.1, 0.15) is 12.4 Å². The van der Waals surface area contributed by atoms with Crippen LogP contribution in [0.25, 0.3) is 11.1 Å². The number of nitrogens with zero attached hydrogens (tertiary/aromatic N) is 2. The molecule has 3 aromatic rings. The molecule has 7 nitrogen and oxygen atoms in total. The monoisotopic (exact) mass is 563 g/mol. The Morgan fingerprint density at radius 2 is 1.49 bits per heavy atom. The van der Waals surface area contributed by atoms with Gasteiger partial charge in [-0.15, -0.1) is 5.46 Å². The molecule has 1 aliphatic heterocycles. The molecule has 39 heavy (non-hydrogen) atoms. The topological polar surface area (TPSA) is 76.2 Å². The van der Waals surface area contributed by atoms with Crippen molar-refractivity contribution < 1.29 is 39.0 Å². The second-order valence-corrected chi connectivity index (χ2v) is 10.5. The molecular weight excluding hydrogens is 539 g/mol. The summed E-state index contributed by atoms with van der Waals surface area (Å²) >= 11 is 0. The summed E-state index contributed by atoms with van der Waals surface area (Å²) in [5.41, 5.74) is 3.46. The van der Waals surface area contributed by atoms with E-state index in [1.807, 2.05) is 53.4 Å². The number of rotatable bonds is 7. The van der Waals surface area contributed by atoms with Gasteiger partial charge in [0.25, 0.3) is 0 Å². The average molecular weight is 563 g/mol. The van der Waals surface area contributed by atoms with Gasteiger partial charge in [-0.25, -0.2) is 4.79 Å². The first-order valence-corrected chi connectivity index (χ1v) is 13.6. The van der Waals surface area contributed by atoms with E-state index in [1.54, 1.807) is 4.90 Å². The lowest BCUT2D eigenvalue weighted by atomic mass is 9.79. The maximum Gasteiger partial charge on any atom is 0.509 e. The van der Waals surface area contributed by atoms with E-state index in [-0.39, 0.29) is 24.6 Å².